The van der Waals surface area contributed by atoms with E-state index in [-0.39, 0.29) is 12.1 Å². The molecule has 0 aliphatic heterocycles. The first-order valence-electron chi connectivity index (χ1n) is 2.88. The normalized spacial score (nSPS) is 23.2. The minimum atomic E-state index is 0.0365. The van der Waals surface area contributed by atoms with E-state index in [1.54, 1.807) is 0 Å². The zero-order valence-electron chi connectivity index (χ0n) is 5.07. The molecule has 0 unspecified atom stereocenters. The number of aliphatic hydroxyl groups excluding tert-OH is 1. The highest BCUT2D eigenvalue weighted by atomic mass is 16.3. The van der Waals surface area contributed by atoms with Gasteiger partial charge in [-0.1, -0.05) is 0 Å². The van der Waals surface area contributed by atoms with E-state index in [9.17, 15) is 0 Å². The van der Waals surface area contributed by atoms with Crippen LogP contribution in [0.1, 0.15) is 12.8 Å². The molecular weight excluding hydrogens is 104 g/mol. The number of hydrogen-bond donors (Lipinski definition) is 3. The molecule has 0 aromatic carbocycles. The number of rotatable bonds is 3. The number of hydrogen-bond acceptors (Lipinski definition) is 3. The Morgan fingerprint density at radius 3 is 2.38 bits per heavy atom. The van der Waals surface area contributed by atoms with Crippen LogP contribution in [-0.4, -0.2) is 24.3 Å². The molecule has 0 spiro atoms. The predicted molar refractivity (Wildman–Crippen MR) is 31.2 cm³/mol. The minimum Gasteiger partial charge on any atom is -0.394 e. The second kappa shape index (κ2) is 2.01. The highest BCUT2D eigenvalue weighted by Gasteiger charge is 2.41. The van der Waals surface area contributed by atoms with E-state index in [0.29, 0.717) is 0 Å². The standard InChI is InChI=1S/C5H12N2O/c1-6-7-5(4-8)2-3-5/h6-8H,2-4H2,1H3. The van der Waals surface area contributed by atoms with Crippen LogP contribution in [0.25, 0.3) is 0 Å². The van der Waals surface area contributed by atoms with E-state index >= 15 is 0 Å². The molecule has 0 amide bonds. The highest BCUT2D eigenvalue weighted by Crippen LogP contribution is 2.33. The summed E-state index contributed by atoms with van der Waals surface area (Å²) in [4.78, 5) is 0. The summed E-state index contributed by atoms with van der Waals surface area (Å²) in [5.74, 6) is 0. The SMILES string of the molecule is CNNC1(CO)CC1. The average molecular weight is 116 g/mol. The summed E-state index contributed by atoms with van der Waals surface area (Å²) >= 11 is 0. The molecule has 0 radical (unpaired) electrons. The van der Waals surface area contributed by atoms with Gasteiger partial charge in [-0.2, -0.15) is 0 Å². The lowest BCUT2D eigenvalue weighted by atomic mass is 10.3. The van der Waals surface area contributed by atoms with Crippen molar-refractivity contribution in [3.63, 3.8) is 0 Å². The molecular formula is C5H12N2O. The van der Waals surface area contributed by atoms with Crippen molar-refractivity contribution in [2.75, 3.05) is 13.7 Å². The summed E-state index contributed by atoms with van der Waals surface area (Å²) in [6, 6.07) is 0. The molecule has 3 heteroatoms. The summed E-state index contributed by atoms with van der Waals surface area (Å²) < 4.78 is 0. The van der Waals surface area contributed by atoms with Crippen molar-refractivity contribution in [2.24, 2.45) is 0 Å². The zero-order valence-corrected chi connectivity index (χ0v) is 5.07. The molecule has 3 nitrogen and oxygen atoms in total. The fraction of sp³-hybridized carbons (Fsp3) is 1.00. The molecule has 0 saturated heterocycles. The van der Waals surface area contributed by atoms with Crippen LogP contribution in [-0.2, 0) is 0 Å². The van der Waals surface area contributed by atoms with Crippen molar-refractivity contribution >= 4 is 0 Å². The van der Waals surface area contributed by atoms with Crippen molar-refractivity contribution in [3.05, 3.63) is 0 Å². The van der Waals surface area contributed by atoms with Gasteiger partial charge in [0.2, 0.25) is 0 Å². The van der Waals surface area contributed by atoms with Gasteiger partial charge >= 0.3 is 0 Å². The van der Waals surface area contributed by atoms with Gasteiger partial charge in [-0.25, -0.2) is 5.43 Å². The first-order chi connectivity index (χ1) is 3.83. The Hall–Kier alpha value is -0.120. The maximum absolute atomic E-state index is 8.69. The monoisotopic (exact) mass is 116 g/mol. The smallest absolute Gasteiger partial charge is 0.0626 e. The van der Waals surface area contributed by atoms with Gasteiger partial charge in [0, 0.05) is 0 Å². The van der Waals surface area contributed by atoms with Gasteiger partial charge < -0.3 is 5.11 Å². The van der Waals surface area contributed by atoms with Gasteiger partial charge in [0.25, 0.3) is 0 Å². The largest absolute Gasteiger partial charge is 0.394 e. The van der Waals surface area contributed by atoms with E-state index in [0.717, 1.165) is 12.8 Å². The number of hydrazine groups is 1. The van der Waals surface area contributed by atoms with Gasteiger partial charge in [-0.3, -0.25) is 5.43 Å². The molecule has 0 bridgehead atoms. The minimum absolute atomic E-state index is 0.0365. The van der Waals surface area contributed by atoms with Crippen LogP contribution in [0.3, 0.4) is 0 Å². The third-order valence-electron chi connectivity index (χ3n) is 1.55. The molecule has 1 saturated carbocycles. The van der Waals surface area contributed by atoms with Crippen LogP contribution in [0.15, 0.2) is 0 Å². The lowest BCUT2D eigenvalue weighted by Crippen LogP contribution is -2.42. The summed E-state index contributed by atoms with van der Waals surface area (Å²) in [6.45, 7) is 0.244. The van der Waals surface area contributed by atoms with Crippen molar-refractivity contribution in [2.45, 2.75) is 18.4 Å². The van der Waals surface area contributed by atoms with Gasteiger partial charge in [-0.15, -0.1) is 0 Å². The zero-order chi connectivity index (χ0) is 6.04. The van der Waals surface area contributed by atoms with E-state index in [1.165, 1.54) is 0 Å². The Kier molecular flexibility index (Phi) is 1.51. The Labute approximate surface area is 49.1 Å². The quantitative estimate of drug-likeness (QED) is 0.424. The lowest BCUT2D eigenvalue weighted by Gasteiger charge is -2.11. The van der Waals surface area contributed by atoms with E-state index in [1.807, 2.05) is 7.05 Å². The van der Waals surface area contributed by atoms with Crippen LogP contribution in [0.5, 0.6) is 0 Å². The van der Waals surface area contributed by atoms with Crippen molar-refractivity contribution in [1.82, 2.24) is 10.9 Å². The first-order valence-corrected chi connectivity index (χ1v) is 2.88. The van der Waals surface area contributed by atoms with Gasteiger partial charge in [0.15, 0.2) is 0 Å². The highest BCUT2D eigenvalue weighted by molar-refractivity contribution is 4.99. The predicted octanol–water partition coefficient (Wildman–Crippen LogP) is -0.765. The summed E-state index contributed by atoms with van der Waals surface area (Å²) in [5.41, 5.74) is 5.83. The van der Waals surface area contributed by atoms with E-state index in [2.05, 4.69) is 10.9 Å². The van der Waals surface area contributed by atoms with Crippen LogP contribution >= 0.6 is 0 Å². The van der Waals surface area contributed by atoms with Crippen LogP contribution in [0.4, 0.5) is 0 Å². The van der Waals surface area contributed by atoms with Crippen LogP contribution in [0.2, 0.25) is 0 Å². The molecule has 0 aromatic heterocycles. The fourth-order valence-corrected chi connectivity index (χ4v) is 0.739. The maximum atomic E-state index is 8.69. The lowest BCUT2D eigenvalue weighted by molar-refractivity contribution is 0.220. The Bertz CT molecular complexity index is 80.5. The van der Waals surface area contributed by atoms with Gasteiger partial charge in [-0.05, 0) is 19.9 Å². The molecule has 8 heavy (non-hydrogen) atoms. The molecule has 1 aliphatic carbocycles. The second-order valence-electron chi connectivity index (χ2n) is 2.31. The Balaban J connectivity index is 2.20. The number of aliphatic hydroxyl groups is 1. The molecule has 1 aliphatic rings. The molecule has 1 rings (SSSR count). The van der Waals surface area contributed by atoms with E-state index < -0.39 is 0 Å². The third kappa shape index (κ3) is 0.992. The fourth-order valence-electron chi connectivity index (χ4n) is 0.739. The van der Waals surface area contributed by atoms with Gasteiger partial charge in [0.1, 0.15) is 0 Å². The number of nitrogens with one attached hydrogen (secondary N) is 2. The first kappa shape index (κ1) is 6.01. The molecule has 1 fully saturated rings. The molecule has 0 heterocycles. The van der Waals surface area contributed by atoms with Crippen LogP contribution < -0.4 is 10.9 Å². The maximum Gasteiger partial charge on any atom is 0.0626 e. The summed E-state index contributed by atoms with van der Waals surface area (Å²) in [6.07, 6.45) is 2.18. The second-order valence-corrected chi connectivity index (χ2v) is 2.31. The van der Waals surface area contributed by atoms with Gasteiger partial charge in [0.05, 0.1) is 12.1 Å². The van der Waals surface area contributed by atoms with Crippen molar-refractivity contribution < 1.29 is 5.11 Å². The van der Waals surface area contributed by atoms with Crippen molar-refractivity contribution in [3.8, 4) is 0 Å². The topological polar surface area (TPSA) is 44.3 Å². The van der Waals surface area contributed by atoms with E-state index in [4.69, 9.17) is 5.11 Å². The molecule has 0 atom stereocenters. The summed E-state index contributed by atoms with van der Waals surface area (Å²) in [7, 11) is 1.82. The third-order valence-corrected chi connectivity index (χ3v) is 1.55. The van der Waals surface area contributed by atoms with Crippen LogP contribution in [0, 0.1) is 0 Å². The average Bonchev–Trinajstić information content (AvgIpc) is 2.50. The molecule has 48 valence electrons. The molecule has 0 aromatic rings. The Morgan fingerprint density at radius 2 is 2.25 bits per heavy atom. The Morgan fingerprint density at radius 1 is 1.62 bits per heavy atom. The molecule has 3 N–H and O–H groups in total. The summed E-state index contributed by atoms with van der Waals surface area (Å²) in [5, 5.41) is 8.69. The van der Waals surface area contributed by atoms with Crippen molar-refractivity contribution in [1.29, 1.82) is 0 Å².